The van der Waals surface area contributed by atoms with Crippen LogP contribution in [0.4, 0.5) is 11.4 Å². The van der Waals surface area contributed by atoms with Crippen LogP contribution < -0.4 is 24.4 Å². The molecule has 6 nitrogen and oxygen atoms in total. The maximum atomic E-state index is 11.7. The summed E-state index contributed by atoms with van der Waals surface area (Å²) in [6, 6.07) is 9.97. The van der Waals surface area contributed by atoms with Gasteiger partial charge in [0.1, 0.15) is 0 Å². The van der Waals surface area contributed by atoms with E-state index in [4.69, 9.17) is 14.2 Å². The summed E-state index contributed by atoms with van der Waals surface area (Å²) in [6.07, 6.45) is 0.884. The summed E-state index contributed by atoms with van der Waals surface area (Å²) >= 11 is 0. The second-order valence-corrected chi connectivity index (χ2v) is 6.15. The molecule has 0 fully saturated rings. The molecule has 1 N–H and O–H groups in total. The predicted octanol–water partition coefficient (Wildman–Crippen LogP) is 3.23. The third-order valence-electron chi connectivity index (χ3n) is 4.58. The Morgan fingerprint density at radius 2 is 1.77 bits per heavy atom. The summed E-state index contributed by atoms with van der Waals surface area (Å²) < 4.78 is 16.1. The van der Waals surface area contributed by atoms with Crippen LogP contribution in [0.1, 0.15) is 18.1 Å². The molecule has 0 bridgehead atoms. The number of carbonyl (C=O) groups excluding carboxylic acids is 1. The number of nitrogens with zero attached hydrogens (tertiary/aromatic N) is 1. The van der Waals surface area contributed by atoms with Crippen LogP contribution in [0.2, 0.25) is 0 Å². The third-order valence-corrected chi connectivity index (χ3v) is 4.58. The first-order chi connectivity index (χ1) is 12.6. The van der Waals surface area contributed by atoms with Crippen molar-refractivity contribution >= 4 is 17.3 Å². The lowest BCUT2D eigenvalue weighted by Gasteiger charge is -2.16. The summed E-state index contributed by atoms with van der Waals surface area (Å²) in [4.78, 5) is 13.5. The van der Waals surface area contributed by atoms with Gasteiger partial charge in [-0.15, -0.1) is 0 Å². The standard InChI is InChI=1S/C20H24N2O4/c1-13(23)22-8-7-15-11-16(5-6-17(15)22)21-12-14-9-18(24-2)20(26-4)19(10-14)25-3/h5-6,9-11,21H,7-8,12H2,1-4H3. The Morgan fingerprint density at radius 1 is 1.08 bits per heavy atom. The minimum Gasteiger partial charge on any atom is -0.493 e. The molecule has 0 atom stereocenters. The van der Waals surface area contributed by atoms with Crippen molar-refractivity contribution in [3.8, 4) is 17.2 Å². The van der Waals surface area contributed by atoms with E-state index in [0.717, 1.165) is 29.9 Å². The van der Waals surface area contributed by atoms with Gasteiger partial charge < -0.3 is 24.4 Å². The van der Waals surface area contributed by atoms with E-state index in [0.29, 0.717) is 23.8 Å². The largest absolute Gasteiger partial charge is 0.493 e. The van der Waals surface area contributed by atoms with Crippen LogP contribution in [0.5, 0.6) is 17.2 Å². The van der Waals surface area contributed by atoms with Gasteiger partial charge in [0, 0.05) is 31.4 Å². The molecule has 0 aliphatic carbocycles. The maximum absolute atomic E-state index is 11.7. The van der Waals surface area contributed by atoms with Crippen molar-refractivity contribution in [2.75, 3.05) is 38.1 Å². The molecule has 2 aromatic rings. The van der Waals surface area contributed by atoms with E-state index in [1.54, 1.807) is 28.3 Å². The van der Waals surface area contributed by atoms with E-state index in [2.05, 4.69) is 11.4 Å². The summed E-state index contributed by atoms with van der Waals surface area (Å²) in [5, 5.41) is 3.42. The first kappa shape index (κ1) is 17.9. The first-order valence-corrected chi connectivity index (χ1v) is 8.51. The SMILES string of the molecule is COc1cc(CNc2ccc3c(c2)CCN3C(C)=O)cc(OC)c1OC. The molecule has 2 aromatic carbocycles. The Balaban J connectivity index is 1.77. The van der Waals surface area contributed by atoms with Crippen LogP contribution in [-0.2, 0) is 17.8 Å². The van der Waals surface area contributed by atoms with Crippen molar-refractivity contribution in [3.05, 3.63) is 41.5 Å². The fraction of sp³-hybridized carbons (Fsp3) is 0.350. The highest BCUT2D eigenvalue weighted by molar-refractivity contribution is 5.94. The Hall–Kier alpha value is -2.89. The zero-order valence-electron chi connectivity index (χ0n) is 15.6. The molecule has 0 spiro atoms. The van der Waals surface area contributed by atoms with Crippen LogP contribution in [-0.4, -0.2) is 33.8 Å². The Kier molecular flexibility index (Phi) is 5.21. The number of nitrogens with one attached hydrogen (secondary N) is 1. The van der Waals surface area contributed by atoms with Gasteiger partial charge in [0.2, 0.25) is 11.7 Å². The molecule has 26 heavy (non-hydrogen) atoms. The Morgan fingerprint density at radius 3 is 2.35 bits per heavy atom. The molecule has 6 heteroatoms. The van der Waals surface area contributed by atoms with Crippen LogP contribution in [0.25, 0.3) is 0 Å². The lowest BCUT2D eigenvalue weighted by Crippen LogP contribution is -2.25. The van der Waals surface area contributed by atoms with Crippen molar-refractivity contribution in [3.63, 3.8) is 0 Å². The lowest BCUT2D eigenvalue weighted by molar-refractivity contribution is -0.116. The maximum Gasteiger partial charge on any atom is 0.223 e. The van der Waals surface area contributed by atoms with Crippen LogP contribution in [0, 0.1) is 0 Å². The highest BCUT2D eigenvalue weighted by Gasteiger charge is 2.22. The van der Waals surface area contributed by atoms with Crippen LogP contribution in [0.3, 0.4) is 0 Å². The average Bonchev–Trinajstić information content (AvgIpc) is 3.08. The number of hydrogen-bond acceptors (Lipinski definition) is 5. The number of carbonyl (C=O) groups is 1. The van der Waals surface area contributed by atoms with E-state index in [1.807, 2.05) is 29.2 Å². The van der Waals surface area contributed by atoms with Gasteiger partial charge in [-0.05, 0) is 47.9 Å². The molecule has 1 aliphatic rings. The quantitative estimate of drug-likeness (QED) is 0.861. The third kappa shape index (κ3) is 3.40. The fourth-order valence-corrected chi connectivity index (χ4v) is 3.28. The molecule has 1 aliphatic heterocycles. The number of methoxy groups -OCH3 is 3. The fourth-order valence-electron chi connectivity index (χ4n) is 3.28. The normalized spacial score (nSPS) is 12.5. The van der Waals surface area contributed by atoms with Gasteiger partial charge in [0.05, 0.1) is 21.3 Å². The molecular formula is C20H24N2O4. The number of ether oxygens (including phenoxy) is 3. The van der Waals surface area contributed by atoms with Gasteiger partial charge in [-0.25, -0.2) is 0 Å². The highest BCUT2D eigenvalue weighted by atomic mass is 16.5. The molecule has 138 valence electrons. The minimum atomic E-state index is 0.0851. The van der Waals surface area contributed by atoms with Crippen molar-refractivity contribution in [1.82, 2.24) is 0 Å². The van der Waals surface area contributed by atoms with Gasteiger partial charge in [-0.2, -0.15) is 0 Å². The monoisotopic (exact) mass is 356 g/mol. The summed E-state index contributed by atoms with van der Waals surface area (Å²) in [7, 11) is 4.80. The van der Waals surface area contributed by atoms with Crippen molar-refractivity contribution in [2.45, 2.75) is 19.9 Å². The zero-order chi connectivity index (χ0) is 18.7. The minimum absolute atomic E-state index is 0.0851. The highest BCUT2D eigenvalue weighted by Crippen LogP contribution is 2.38. The van der Waals surface area contributed by atoms with Gasteiger partial charge in [-0.1, -0.05) is 0 Å². The molecule has 3 rings (SSSR count). The zero-order valence-corrected chi connectivity index (χ0v) is 15.6. The van der Waals surface area contributed by atoms with Gasteiger partial charge >= 0.3 is 0 Å². The second-order valence-electron chi connectivity index (χ2n) is 6.15. The summed E-state index contributed by atoms with van der Waals surface area (Å²) in [6.45, 7) is 2.97. The smallest absolute Gasteiger partial charge is 0.223 e. The van der Waals surface area contributed by atoms with E-state index < -0.39 is 0 Å². The molecule has 0 saturated heterocycles. The Bertz CT molecular complexity index is 794. The van der Waals surface area contributed by atoms with Crippen LogP contribution in [0.15, 0.2) is 30.3 Å². The van der Waals surface area contributed by atoms with E-state index in [9.17, 15) is 4.79 Å². The van der Waals surface area contributed by atoms with Crippen LogP contribution >= 0.6 is 0 Å². The number of anilines is 2. The molecule has 1 amide bonds. The molecular weight excluding hydrogens is 332 g/mol. The lowest BCUT2D eigenvalue weighted by atomic mass is 10.1. The summed E-state index contributed by atoms with van der Waals surface area (Å²) in [5.74, 6) is 1.94. The molecule has 0 unspecified atom stereocenters. The van der Waals surface area contributed by atoms with E-state index in [-0.39, 0.29) is 5.91 Å². The van der Waals surface area contributed by atoms with Gasteiger partial charge in [0.25, 0.3) is 0 Å². The van der Waals surface area contributed by atoms with Gasteiger partial charge in [0.15, 0.2) is 11.5 Å². The topological polar surface area (TPSA) is 60.0 Å². The number of rotatable bonds is 6. The number of hydrogen-bond donors (Lipinski definition) is 1. The van der Waals surface area contributed by atoms with Crippen molar-refractivity contribution in [1.29, 1.82) is 0 Å². The predicted molar refractivity (Wildman–Crippen MR) is 102 cm³/mol. The molecule has 0 saturated carbocycles. The number of benzene rings is 2. The van der Waals surface area contributed by atoms with Gasteiger partial charge in [-0.3, -0.25) is 4.79 Å². The average molecular weight is 356 g/mol. The van der Waals surface area contributed by atoms with Crippen molar-refractivity contribution < 1.29 is 19.0 Å². The second kappa shape index (κ2) is 7.56. The molecule has 0 aromatic heterocycles. The van der Waals surface area contributed by atoms with E-state index >= 15 is 0 Å². The van der Waals surface area contributed by atoms with Crippen molar-refractivity contribution in [2.24, 2.45) is 0 Å². The van der Waals surface area contributed by atoms with E-state index in [1.165, 1.54) is 5.56 Å². The molecule has 0 radical (unpaired) electrons. The first-order valence-electron chi connectivity index (χ1n) is 8.51. The number of fused-ring (bicyclic) bond motifs is 1. The summed E-state index contributed by atoms with van der Waals surface area (Å²) in [5.41, 5.74) is 4.24. The Labute approximate surface area is 153 Å². The number of amides is 1. The molecule has 1 heterocycles.